The van der Waals surface area contributed by atoms with Crippen molar-refractivity contribution in [3.63, 3.8) is 0 Å². The van der Waals surface area contributed by atoms with E-state index in [4.69, 9.17) is 0 Å². The maximum atomic E-state index is 14.2. The van der Waals surface area contributed by atoms with Crippen LogP contribution < -0.4 is 14.7 Å². The Bertz CT molecular complexity index is 1470. The highest BCUT2D eigenvalue weighted by Crippen LogP contribution is 2.43. The van der Waals surface area contributed by atoms with Gasteiger partial charge < -0.3 is 24.9 Å². The Balaban J connectivity index is 1.89. The van der Waals surface area contributed by atoms with Crippen LogP contribution in [-0.4, -0.2) is 67.5 Å². The van der Waals surface area contributed by atoms with Crippen molar-refractivity contribution in [3.8, 4) is 11.1 Å². The van der Waals surface area contributed by atoms with E-state index in [0.717, 1.165) is 5.69 Å². The number of likely N-dealkylation sites (N-methyl/N-ethyl adjacent to an activating group) is 1. The van der Waals surface area contributed by atoms with Gasteiger partial charge in [-0.15, -0.1) is 0 Å². The molecule has 7 nitrogen and oxygen atoms in total. The van der Waals surface area contributed by atoms with Crippen LogP contribution in [0.25, 0.3) is 11.1 Å². The second-order valence-corrected chi connectivity index (χ2v) is 11.6. The highest BCUT2D eigenvalue weighted by molar-refractivity contribution is 6.06. The first kappa shape index (κ1) is 33.1. The zero-order chi connectivity index (χ0) is 32.8. The largest absolute Gasteiger partial charge is 0.416 e. The minimum Gasteiger partial charge on any atom is -0.394 e. The van der Waals surface area contributed by atoms with Gasteiger partial charge in [0.05, 0.1) is 41.0 Å². The van der Waals surface area contributed by atoms with Crippen LogP contribution >= 0.6 is 0 Å². The predicted octanol–water partition coefficient (Wildman–Crippen LogP) is 5.72. The number of hydrogen-bond donors (Lipinski definition) is 2. The third-order valence-corrected chi connectivity index (χ3v) is 7.96. The average molecular weight is 625 g/mol. The molecule has 2 aromatic carbocycles. The van der Waals surface area contributed by atoms with Crippen molar-refractivity contribution in [1.82, 2.24) is 4.98 Å². The normalized spacial score (nSPS) is 17.6. The van der Waals surface area contributed by atoms with Crippen molar-refractivity contribution in [3.05, 3.63) is 71.4 Å². The van der Waals surface area contributed by atoms with Crippen LogP contribution in [0.5, 0.6) is 0 Å². The molecule has 3 aromatic rings. The molecule has 44 heavy (non-hydrogen) atoms. The number of aromatic nitrogens is 1. The maximum Gasteiger partial charge on any atom is 0.416 e. The molecular weight excluding hydrogens is 590 g/mol. The lowest BCUT2D eigenvalue weighted by molar-refractivity contribution is -0.143. The molecule has 1 amide bonds. The van der Waals surface area contributed by atoms with Gasteiger partial charge in [-0.1, -0.05) is 12.1 Å². The van der Waals surface area contributed by atoms with Crippen LogP contribution in [0.2, 0.25) is 0 Å². The second kappa shape index (κ2) is 11.9. The molecule has 4 rings (SSSR count). The Morgan fingerprint density at radius 3 is 1.98 bits per heavy atom. The van der Waals surface area contributed by atoms with Gasteiger partial charge >= 0.3 is 12.4 Å². The molecular formula is C31H34F6N4O3. The molecule has 1 fully saturated rings. The van der Waals surface area contributed by atoms with Gasteiger partial charge in [-0.3, -0.25) is 4.79 Å². The van der Waals surface area contributed by atoms with E-state index in [2.05, 4.69) is 4.98 Å². The summed E-state index contributed by atoms with van der Waals surface area (Å²) in [4.78, 5) is 23.4. The van der Waals surface area contributed by atoms with Gasteiger partial charge in [0.2, 0.25) is 5.91 Å². The van der Waals surface area contributed by atoms with Crippen LogP contribution in [0.3, 0.4) is 0 Å². The number of carbonyl (C=O) groups excluding carboxylic acids is 1. The highest BCUT2D eigenvalue weighted by atomic mass is 19.4. The zero-order valence-corrected chi connectivity index (χ0v) is 24.8. The number of rotatable bonds is 7. The minimum absolute atomic E-state index is 0.0240. The smallest absolute Gasteiger partial charge is 0.394 e. The average Bonchev–Trinajstić information content (AvgIpc) is 3.35. The number of hydrogen-bond acceptors (Lipinski definition) is 6. The number of anilines is 3. The van der Waals surface area contributed by atoms with Crippen molar-refractivity contribution >= 4 is 23.1 Å². The van der Waals surface area contributed by atoms with E-state index >= 15 is 0 Å². The van der Waals surface area contributed by atoms with Gasteiger partial charge in [-0.2, -0.15) is 26.3 Å². The molecule has 1 aliphatic rings. The minimum atomic E-state index is -5.08. The Morgan fingerprint density at radius 2 is 1.48 bits per heavy atom. The van der Waals surface area contributed by atoms with Crippen molar-refractivity contribution in [1.29, 1.82) is 0 Å². The van der Waals surface area contributed by atoms with E-state index in [1.165, 1.54) is 32.0 Å². The second-order valence-electron chi connectivity index (χ2n) is 11.6. The zero-order valence-electron chi connectivity index (χ0n) is 24.8. The third-order valence-electron chi connectivity index (χ3n) is 7.96. The van der Waals surface area contributed by atoms with Gasteiger partial charge in [0.25, 0.3) is 0 Å². The molecule has 0 saturated carbocycles. The van der Waals surface area contributed by atoms with Gasteiger partial charge in [-0.05, 0) is 67.8 Å². The summed E-state index contributed by atoms with van der Waals surface area (Å²) in [5.41, 5.74) is -3.10. The summed E-state index contributed by atoms with van der Waals surface area (Å²) >= 11 is 0. The fraction of sp³-hybridized carbons (Fsp3) is 0.419. The van der Waals surface area contributed by atoms with E-state index in [1.54, 1.807) is 11.0 Å². The summed E-state index contributed by atoms with van der Waals surface area (Å²) in [6.07, 6.45) is -9.24. The lowest BCUT2D eigenvalue weighted by Crippen LogP contribution is -2.43. The maximum absolute atomic E-state index is 14.2. The molecule has 1 saturated heterocycles. The lowest BCUT2D eigenvalue weighted by Gasteiger charge is -2.35. The number of aliphatic hydroxyl groups is 2. The number of aliphatic hydroxyl groups excluding tert-OH is 2. The number of alkyl halides is 6. The molecule has 1 aliphatic heterocycles. The molecule has 0 aliphatic carbocycles. The Labute approximate surface area is 251 Å². The summed E-state index contributed by atoms with van der Waals surface area (Å²) < 4.78 is 82.0. The monoisotopic (exact) mass is 624 g/mol. The standard InChI is InChI=1S/C31H34F6N4O3/c1-29(2,19-12-20(30(32,33)34)14-21(13-19)31(35,36)37)28(44)40(5)26-25(18-6-8-22(9-7-18)39(3)4)10-11-38-27(26)41-16-24(43)15-23(41)17-42/h6-14,23-24,42-43H,15-17H2,1-5H3/t23-,24+/m0/s1. The number of pyridine rings is 1. The summed E-state index contributed by atoms with van der Waals surface area (Å²) in [6.45, 7) is 2.29. The summed E-state index contributed by atoms with van der Waals surface area (Å²) in [5.74, 6) is -0.577. The van der Waals surface area contributed by atoms with Crippen molar-refractivity contribution in [2.75, 3.05) is 49.0 Å². The highest BCUT2D eigenvalue weighted by Gasteiger charge is 2.42. The number of β-amino-alcohol motifs (C(OH)–C–C–N with tert-alkyl or cyclic N) is 1. The first-order valence-electron chi connectivity index (χ1n) is 13.8. The van der Waals surface area contributed by atoms with E-state index in [1.807, 2.05) is 43.3 Å². The molecule has 238 valence electrons. The summed E-state index contributed by atoms with van der Waals surface area (Å²) in [5, 5.41) is 20.4. The van der Waals surface area contributed by atoms with Crippen LogP contribution in [0.15, 0.2) is 54.7 Å². The summed E-state index contributed by atoms with van der Waals surface area (Å²) in [6, 6.07) is 9.57. The first-order chi connectivity index (χ1) is 20.4. The van der Waals surface area contributed by atoms with Gasteiger partial charge in [-0.25, -0.2) is 4.98 Å². The molecule has 0 radical (unpaired) electrons. The van der Waals surface area contributed by atoms with Crippen molar-refractivity contribution in [2.45, 2.75) is 50.2 Å². The lowest BCUT2D eigenvalue weighted by atomic mass is 9.81. The van der Waals surface area contributed by atoms with Crippen LogP contribution in [-0.2, 0) is 22.6 Å². The first-order valence-corrected chi connectivity index (χ1v) is 13.8. The molecule has 0 spiro atoms. The fourth-order valence-electron chi connectivity index (χ4n) is 5.44. The third kappa shape index (κ3) is 6.48. The topological polar surface area (TPSA) is 80.1 Å². The van der Waals surface area contributed by atoms with Gasteiger partial charge in [0.15, 0.2) is 5.82 Å². The van der Waals surface area contributed by atoms with E-state index in [-0.39, 0.29) is 37.1 Å². The predicted molar refractivity (Wildman–Crippen MR) is 156 cm³/mol. The fourth-order valence-corrected chi connectivity index (χ4v) is 5.44. The van der Waals surface area contributed by atoms with E-state index in [9.17, 15) is 41.4 Å². The number of carbonyl (C=O) groups is 1. The number of halogens is 6. The molecule has 2 atom stereocenters. The molecule has 2 heterocycles. The SMILES string of the molecule is CN(C)c1ccc(-c2ccnc(N3C[C@H](O)C[C@H]3CO)c2N(C)C(=O)C(C)(C)c2cc(C(F)(F)F)cc(C(F)(F)F)c2)cc1. The van der Waals surface area contributed by atoms with Gasteiger partial charge in [0, 0.05) is 45.1 Å². The number of nitrogens with zero attached hydrogens (tertiary/aromatic N) is 4. The Morgan fingerprint density at radius 1 is 0.932 bits per heavy atom. The Hall–Kier alpha value is -3.84. The van der Waals surface area contributed by atoms with Gasteiger partial charge in [0.1, 0.15) is 0 Å². The number of benzene rings is 2. The molecule has 13 heteroatoms. The Kier molecular flexibility index (Phi) is 8.96. The molecule has 0 bridgehead atoms. The molecule has 0 unspecified atom stereocenters. The number of amides is 1. The van der Waals surface area contributed by atoms with Crippen molar-refractivity contribution in [2.24, 2.45) is 0 Å². The van der Waals surface area contributed by atoms with Crippen LogP contribution in [0.4, 0.5) is 43.5 Å². The van der Waals surface area contributed by atoms with Crippen LogP contribution in [0.1, 0.15) is 37.0 Å². The quantitative estimate of drug-likeness (QED) is 0.328. The van der Waals surface area contributed by atoms with E-state index < -0.39 is 52.5 Å². The molecule has 2 N–H and O–H groups in total. The molecule has 1 aromatic heterocycles. The van der Waals surface area contributed by atoms with E-state index in [0.29, 0.717) is 23.3 Å². The van der Waals surface area contributed by atoms with Crippen LogP contribution in [0, 0.1) is 0 Å². The van der Waals surface area contributed by atoms with Crippen molar-refractivity contribution < 1.29 is 41.4 Å². The summed E-state index contributed by atoms with van der Waals surface area (Å²) in [7, 11) is 5.11.